The molecule has 0 spiro atoms. The van der Waals surface area contributed by atoms with Gasteiger partial charge in [-0.1, -0.05) is 46.0 Å². The Morgan fingerprint density at radius 3 is 2.73 bits per heavy atom. The molecule has 3 aromatic rings. The minimum absolute atomic E-state index is 0.282. The second kappa shape index (κ2) is 7.32. The summed E-state index contributed by atoms with van der Waals surface area (Å²) in [6, 6.07) is 5.20. The highest BCUT2D eigenvalue weighted by atomic mass is 35.5. The molecule has 2 heterocycles. The lowest BCUT2D eigenvalue weighted by atomic mass is 10.2. The number of nitrogens with zero attached hydrogens (tertiary/aromatic N) is 4. The summed E-state index contributed by atoms with van der Waals surface area (Å²) in [5.74, 6) is -1.25. The molecule has 1 aromatic carbocycles. The van der Waals surface area contributed by atoms with E-state index in [0.717, 1.165) is 5.56 Å². The van der Waals surface area contributed by atoms with Crippen LogP contribution in [0.4, 0.5) is 11.5 Å². The van der Waals surface area contributed by atoms with Gasteiger partial charge in [0.2, 0.25) is 0 Å². The number of halogens is 3. The predicted molar refractivity (Wildman–Crippen MR) is 96.0 cm³/mol. The smallest absolute Gasteiger partial charge is 0.358 e. The van der Waals surface area contributed by atoms with Crippen LogP contribution in [0.25, 0.3) is 0 Å². The zero-order valence-electron chi connectivity index (χ0n) is 12.7. The molecule has 26 heavy (non-hydrogen) atoms. The number of carbonyl (C=O) groups excluding carboxylic acids is 1. The summed E-state index contributed by atoms with van der Waals surface area (Å²) in [6.07, 6.45) is 3.00. The van der Waals surface area contributed by atoms with Crippen LogP contribution in [-0.4, -0.2) is 30.8 Å². The van der Waals surface area contributed by atoms with Gasteiger partial charge in [-0.3, -0.25) is 9.48 Å². The molecule has 2 N–H and O–H groups in total. The molecule has 0 atom stereocenters. The summed E-state index contributed by atoms with van der Waals surface area (Å²) in [4.78, 5) is 22.1. The summed E-state index contributed by atoms with van der Waals surface area (Å²) in [5, 5.41) is 23.5. The average Bonchev–Trinajstić information content (AvgIpc) is 3.17. The number of hydrogen-bond donors (Lipinski definition) is 2. The Labute approximate surface area is 161 Å². The van der Waals surface area contributed by atoms with E-state index in [1.807, 2.05) is 0 Å². The highest BCUT2D eigenvalue weighted by molar-refractivity contribution is 6.42. The Morgan fingerprint density at radius 1 is 1.31 bits per heavy atom. The number of rotatable bonds is 5. The molecule has 0 aliphatic carbocycles. The van der Waals surface area contributed by atoms with Crippen LogP contribution in [0.1, 0.15) is 16.1 Å². The zero-order chi connectivity index (χ0) is 18.8. The summed E-state index contributed by atoms with van der Waals surface area (Å²) in [6.45, 7) is 0.404. The molecule has 1 amide bonds. The number of hydrogen-bond acceptors (Lipinski definition) is 5. The van der Waals surface area contributed by atoms with E-state index in [0.29, 0.717) is 22.3 Å². The molecule has 3 rings (SSSR count). The van der Waals surface area contributed by atoms with Crippen molar-refractivity contribution >= 4 is 52.2 Å². The number of H-pyrrole nitrogens is 1. The van der Waals surface area contributed by atoms with Crippen LogP contribution in [0.2, 0.25) is 15.1 Å². The third-order valence-electron chi connectivity index (χ3n) is 3.31. The number of nitro groups is 1. The second-order valence-electron chi connectivity index (χ2n) is 5.12. The molecule has 134 valence electrons. The number of aromatic amines is 1. The van der Waals surface area contributed by atoms with Crippen LogP contribution >= 0.6 is 34.8 Å². The molecule has 2 aromatic heterocycles. The van der Waals surface area contributed by atoms with Crippen molar-refractivity contribution in [3.8, 4) is 0 Å². The number of aromatic nitrogens is 4. The van der Waals surface area contributed by atoms with Gasteiger partial charge < -0.3 is 15.4 Å². The van der Waals surface area contributed by atoms with Crippen molar-refractivity contribution in [2.24, 2.45) is 0 Å². The Balaban J connectivity index is 1.71. The topological polar surface area (TPSA) is 119 Å². The minimum Gasteiger partial charge on any atom is -0.358 e. The van der Waals surface area contributed by atoms with Gasteiger partial charge in [-0.15, -0.1) is 5.10 Å². The Kier molecular flexibility index (Phi) is 5.12. The van der Waals surface area contributed by atoms with E-state index in [9.17, 15) is 14.9 Å². The number of benzene rings is 1. The maximum absolute atomic E-state index is 12.2. The quantitative estimate of drug-likeness (QED) is 0.485. The van der Waals surface area contributed by atoms with Gasteiger partial charge in [0.1, 0.15) is 0 Å². The molecule has 0 aliphatic heterocycles. The normalized spacial score (nSPS) is 10.7. The van der Waals surface area contributed by atoms with E-state index in [2.05, 4.69) is 20.6 Å². The van der Waals surface area contributed by atoms with Crippen molar-refractivity contribution in [3.63, 3.8) is 0 Å². The fraction of sp³-hybridized carbons (Fsp3) is 0.0714. The first-order chi connectivity index (χ1) is 12.3. The molecule has 0 fully saturated rings. The third-order valence-corrected chi connectivity index (χ3v) is 4.40. The van der Waals surface area contributed by atoms with Crippen LogP contribution in [0.5, 0.6) is 0 Å². The maximum Gasteiger partial charge on any atom is 0.362 e. The lowest BCUT2D eigenvalue weighted by Gasteiger charge is -2.03. The van der Waals surface area contributed by atoms with Crippen molar-refractivity contribution in [3.05, 3.63) is 67.0 Å². The van der Waals surface area contributed by atoms with Gasteiger partial charge in [0.15, 0.2) is 10.7 Å². The van der Waals surface area contributed by atoms with E-state index in [-0.39, 0.29) is 10.7 Å². The number of nitrogens with one attached hydrogen (secondary N) is 2. The van der Waals surface area contributed by atoms with Crippen LogP contribution in [0.15, 0.2) is 30.6 Å². The molecule has 0 aliphatic rings. The van der Waals surface area contributed by atoms with E-state index < -0.39 is 16.6 Å². The molecule has 0 saturated heterocycles. The van der Waals surface area contributed by atoms with Gasteiger partial charge in [0.25, 0.3) is 5.91 Å². The number of anilines is 1. The van der Waals surface area contributed by atoms with Crippen LogP contribution < -0.4 is 5.32 Å². The Bertz CT molecular complexity index is 1000. The first-order valence-corrected chi connectivity index (χ1v) is 8.14. The molecule has 0 saturated carbocycles. The van der Waals surface area contributed by atoms with Crippen molar-refractivity contribution < 1.29 is 9.72 Å². The van der Waals surface area contributed by atoms with E-state index in [4.69, 9.17) is 34.8 Å². The zero-order valence-corrected chi connectivity index (χ0v) is 15.0. The first-order valence-electron chi connectivity index (χ1n) is 7.01. The third kappa shape index (κ3) is 3.79. The standard InChI is InChI=1S/C14H9Cl3N6O3/c15-9-2-1-7(3-10(9)16)5-22-6-8(4-18-22)19-14(24)12-11(17)13(21-20-12)23(25)26/h1-4,6H,5H2,(H,19,24)(H,20,21). The summed E-state index contributed by atoms with van der Waals surface area (Å²) >= 11 is 17.6. The van der Waals surface area contributed by atoms with Crippen molar-refractivity contribution in [1.29, 1.82) is 0 Å². The van der Waals surface area contributed by atoms with E-state index in [1.165, 1.54) is 6.20 Å². The Morgan fingerprint density at radius 2 is 2.08 bits per heavy atom. The summed E-state index contributed by atoms with van der Waals surface area (Å²) in [5.41, 5.74) is 0.957. The molecule has 0 bridgehead atoms. The lowest BCUT2D eigenvalue weighted by Crippen LogP contribution is -2.12. The highest BCUT2D eigenvalue weighted by Crippen LogP contribution is 2.26. The molecule has 12 heteroatoms. The average molecular weight is 416 g/mol. The molecule has 9 nitrogen and oxygen atoms in total. The Hall–Kier alpha value is -2.62. The van der Waals surface area contributed by atoms with Gasteiger partial charge in [-0.2, -0.15) is 5.10 Å². The van der Waals surface area contributed by atoms with Gasteiger partial charge in [-0.25, -0.2) is 0 Å². The van der Waals surface area contributed by atoms with Gasteiger partial charge >= 0.3 is 5.82 Å². The fourth-order valence-electron chi connectivity index (χ4n) is 2.12. The largest absolute Gasteiger partial charge is 0.362 e. The SMILES string of the molecule is O=C(Nc1cnn(Cc2ccc(Cl)c(Cl)c2)c1)c1n[nH]c([N+](=O)[O-])c1Cl. The number of amides is 1. The van der Waals surface area contributed by atoms with Crippen molar-refractivity contribution in [1.82, 2.24) is 20.0 Å². The molecule has 0 unspecified atom stereocenters. The first kappa shape index (κ1) is 18.2. The maximum atomic E-state index is 12.2. The fourth-order valence-corrected chi connectivity index (χ4v) is 2.68. The predicted octanol–water partition coefficient (Wildman–Crippen LogP) is 3.78. The minimum atomic E-state index is -0.763. The van der Waals surface area contributed by atoms with E-state index in [1.54, 1.807) is 29.1 Å². The van der Waals surface area contributed by atoms with Crippen LogP contribution in [0, 0.1) is 10.1 Å². The second-order valence-corrected chi connectivity index (χ2v) is 6.31. The molecular weight excluding hydrogens is 407 g/mol. The van der Waals surface area contributed by atoms with Gasteiger partial charge in [0.05, 0.1) is 28.5 Å². The summed E-state index contributed by atoms with van der Waals surface area (Å²) in [7, 11) is 0. The van der Waals surface area contributed by atoms with Crippen LogP contribution in [-0.2, 0) is 6.54 Å². The summed E-state index contributed by atoms with van der Waals surface area (Å²) < 4.78 is 1.57. The van der Waals surface area contributed by atoms with Crippen LogP contribution in [0.3, 0.4) is 0 Å². The lowest BCUT2D eigenvalue weighted by molar-refractivity contribution is -0.389. The van der Waals surface area contributed by atoms with Crippen molar-refractivity contribution in [2.45, 2.75) is 6.54 Å². The van der Waals surface area contributed by atoms with Gasteiger partial charge in [-0.05, 0) is 22.6 Å². The monoisotopic (exact) mass is 414 g/mol. The molecular formula is C14H9Cl3N6O3. The van der Waals surface area contributed by atoms with Gasteiger partial charge in [0, 0.05) is 6.20 Å². The van der Waals surface area contributed by atoms with E-state index >= 15 is 0 Å². The highest BCUT2D eigenvalue weighted by Gasteiger charge is 2.25. The number of carbonyl (C=O) groups is 1. The van der Waals surface area contributed by atoms with Crippen molar-refractivity contribution in [2.75, 3.05) is 5.32 Å². The molecule has 0 radical (unpaired) electrons.